The van der Waals surface area contributed by atoms with Gasteiger partial charge in [-0.25, -0.2) is 0 Å². The summed E-state index contributed by atoms with van der Waals surface area (Å²) in [6.45, 7) is 2.87. The molecule has 0 spiro atoms. The highest BCUT2D eigenvalue weighted by atomic mass is 16.4. The second-order valence-electron chi connectivity index (χ2n) is 14.4. The fraction of sp³-hybridized carbons (Fsp3) is 0.526. The number of carboxylic acid groups (broad SMARTS) is 1. The van der Waals surface area contributed by atoms with Crippen molar-refractivity contribution in [3.05, 3.63) is 36.0 Å². The molecule has 2 heterocycles. The number of carbonyl (C=O) groups is 10. The van der Waals surface area contributed by atoms with Crippen LogP contribution in [0, 0.1) is 5.92 Å². The van der Waals surface area contributed by atoms with Crippen LogP contribution < -0.4 is 48.7 Å². The Bertz CT molecular complexity index is 1920. The summed E-state index contributed by atoms with van der Waals surface area (Å²) < 4.78 is 0. The van der Waals surface area contributed by atoms with E-state index in [-0.39, 0.29) is 25.8 Å². The number of likely N-dealkylation sites (tertiary alicyclic amines) is 1. The number of fused-ring (bicyclic) bond motifs is 1. The van der Waals surface area contributed by atoms with Gasteiger partial charge in [0.15, 0.2) is 0 Å². The van der Waals surface area contributed by atoms with E-state index in [4.69, 9.17) is 16.6 Å². The number of carbonyl (C=O) groups excluding carboxylic acids is 9. The van der Waals surface area contributed by atoms with E-state index in [1.165, 1.54) is 11.8 Å². The fourth-order valence-electron chi connectivity index (χ4n) is 6.45. The summed E-state index contributed by atoms with van der Waals surface area (Å²) in [5.74, 6) is -8.23. The van der Waals surface area contributed by atoms with Gasteiger partial charge in [-0.2, -0.15) is 0 Å². The standard InChI is InChI=1S/C38H55N11O11/c1-4-20(2)33(48-30(52)18-43-35(57)25(11-12-28(40)50)47-37(59)27-10-7-13-49(27)31(53)15-39)38(60)45-21(3)34(56)42-17-29(51)46-26(36(58)44-19-32(54)55)14-22-16-41-24-9-6-5-8-23(22)24/h5-6,8-9,16,20-21,25-27,33,41H,4,7,10-15,17-19,39H2,1-3H3,(H2,40,50)(H,42,56)(H,43,57)(H,44,58)(H,45,60)(H,46,51)(H,47,59)(H,48,52)(H,54,55). The van der Waals surface area contributed by atoms with Crippen molar-refractivity contribution in [3.8, 4) is 0 Å². The first-order valence-corrected chi connectivity index (χ1v) is 19.5. The fourth-order valence-corrected chi connectivity index (χ4v) is 6.45. The Morgan fingerprint density at radius 3 is 2.12 bits per heavy atom. The van der Waals surface area contributed by atoms with Crippen LogP contribution in [0.3, 0.4) is 0 Å². The van der Waals surface area contributed by atoms with E-state index in [1.807, 2.05) is 18.2 Å². The van der Waals surface area contributed by atoms with Crippen molar-refractivity contribution in [1.82, 2.24) is 47.1 Å². The third-order valence-corrected chi connectivity index (χ3v) is 9.94. The number of hydrogen-bond acceptors (Lipinski definition) is 11. The second-order valence-corrected chi connectivity index (χ2v) is 14.4. The molecule has 0 radical (unpaired) electrons. The highest BCUT2D eigenvalue weighted by molar-refractivity contribution is 5.97. The molecule has 1 aromatic heterocycles. The smallest absolute Gasteiger partial charge is 0.322 e. The first kappa shape index (κ1) is 47.8. The van der Waals surface area contributed by atoms with Gasteiger partial charge in [-0.05, 0) is 43.7 Å². The molecule has 1 saturated heterocycles. The number of benzene rings is 1. The molecule has 1 fully saturated rings. The number of nitrogens with two attached hydrogens (primary N) is 2. The Balaban J connectivity index is 1.56. The van der Waals surface area contributed by atoms with Gasteiger partial charge in [-0.15, -0.1) is 0 Å². The molecule has 1 aromatic carbocycles. The highest BCUT2D eigenvalue weighted by Crippen LogP contribution is 2.20. The third kappa shape index (κ3) is 14.4. The van der Waals surface area contributed by atoms with Crippen molar-refractivity contribution in [1.29, 1.82) is 0 Å². The number of primary amides is 1. The van der Waals surface area contributed by atoms with E-state index in [0.717, 1.165) is 10.9 Å². The lowest BCUT2D eigenvalue weighted by Gasteiger charge is -2.26. The van der Waals surface area contributed by atoms with Gasteiger partial charge in [0.1, 0.15) is 36.8 Å². The maximum absolute atomic E-state index is 13.4. The summed E-state index contributed by atoms with van der Waals surface area (Å²) in [5, 5.41) is 26.9. The molecule has 13 N–H and O–H groups in total. The number of H-pyrrole nitrogens is 1. The van der Waals surface area contributed by atoms with Crippen LogP contribution in [-0.2, 0) is 54.4 Å². The first-order chi connectivity index (χ1) is 28.4. The number of nitrogens with one attached hydrogen (secondary N) is 8. The molecule has 6 unspecified atom stereocenters. The van der Waals surface area contributed by atoms with Crippen molar-refractivity contribution in [2.45, 2.75) is 89.5 Å². The van der Waals surface area contributed by atoms with Gasteiger partial charge in [0.2, 0.25) is 53.2 Å². The quantitative estimate of drug-likeness (QED) is 0.0517. The van der Waals surface area contributed by atoms with Crippen LogP contribution in [0.2, 0.25) is 0 Å². The molecule has 0 saturated carbocycles. The predicted octanol–water partition coefficient (Wildman–Crippen LogP) is -3.64. The number of aromatic amines is 1. The Morgan fingerprint density at radius 1 is 0.833 bits per heavy atom. The minimum Gasteiger partial charge on any atom is -0.480 e. The van der Waals surface area contributed by atoms with E-state index in [2.05, 4.69) is 42.2 Å². The lowest BCUT2D eigenvalue weighted by molar-refractivity contribution is -0.139. The largest absolute Gasteiger partial charge is 0.480 e. The molecule has 328 valence electrons. The molecular weight excluding hydrogens is 786 g/mol. The number of aromatic nitrogens is 1. The van der Waals surface area contributed by atoms with Gasteiger partial charge in [0.05, 0.1) is 19.6 Å². The molecule has 9 amide bonds. The molecule has 60 heavy (non-hydrogen) atoms. The van der Waals surface area contributed by atoms with E-state index in [1.54, 1.807) is 26.1 Å². The number of nitrogens with zero attached hydrogens (tertiary/aromatic N) is 1. The van der Waals surface area contributed by atoms with E-state index < -0.39 is 115 Å². The SMILES string of the molecule is CCC(C)C(NC(=O)CNC(=O)C(CCC(N)=O)NC(=O)C1CCCN1C(=O)CN)C(=O)NC(C)C(=O)NCC(=O)NC(Cc1c[nH]c2ccccc12)C(=O)NCC(=O)O. The predicted molar refractivity (Wildman–Crippen MR) is 214 cm³/mol. The first-order valence-electron chi connectivity index (χ1n) is 19.5. The maximum Gasteiger partial charge on any atom is 0.322 e. The molecular formula is C38H55N11O11. The van der Waals surface area contributed by atoms with Crippen LogP contribution >= 0.6 is 0 Å². The lowest BCUT2D eigenvalue weighted by Crippen LogP contribution is -2.57. The minimum absolute atomic E-state index is 0.00146. The second kappa shape index (κ2) is 23.1. The lowest BCUT2D eigenvalue weighted by atomic mass is 9.98. The van der Waals surface area contributed by atoms with Gasteiger partial charge in [-0.1, -0.05) is 38.5 Å². The zero-order chi connectivity index (χ0) is 44.5. The zero-order valence-corrected chi connectivity index (χ0v) is 33.8. The van der Waals surface area contributed by atoms with Crippen LogP contribution in [0.25, 0.3) is 10.9 Å². The molecule has 22 nitrogen and oxygen atoms in total. The summed E-state index contributed by atoms with van der Waals surface area (Å²) in [5.41, 5.74) is 12.2. The summed E-state index contributed by atoms with van der Waals surface area (Å²) in [6, 6.07) is 1.51. The average Bonchev–Trinajstić information content (AvgIpc) is 3.88. The van der Waals surface area contributed by atoms with Crippen LogP contribution in [0.4, 0.5) is 0 Å². The topological polar surface area (TPSA) is 346 Å². The molecule has 1 aliphatic heterocycles. The monoisotopic (exact) mass is 841 g/mol. The normalized spacial score (nSPS) is 15.9. The molecule has 0 aliphatic carbocycles. The van der Waals surface area contributed by atoms with Crippen molar-refractivity contribution in [2.75, 3.05) is 32.7 Å². The number of amides is 9. The number of rotatable bonds is 23. The summed E-state index contributed by atoms with van der Waals surface area (Å²) >= 11 is 0. The van der Waals surface area contributed by atoms with Crippen LogP contribution in [0.1, 0.15) is 58.4 Å². The third-order valence-electron chi connectivity index (χ3n) is 9.94. The number of hydrogen-bond donors (Lipinski definition) is 11. The van der Waals surface area contributed by atoms with Gasteiger partial charge in [0.25, 0.3) is 0 Å². The van der Waals surface area contributed by atoms with Gasteiger partial charge >= 0.3 is 5.97 Å². The maximum atomic E-state index is 13.4. The summed E-state index contributed by atoms with van der Waals surface area (Å²) in [4.78, 5) is 130. The Labute approximate surface area is 345 Å². The van der Waals surface area contributed by atoms with Crippen molar-refractivity contribution in [2.24, 2.45) is 17.4 Å². The molecule has 22 heteroatoms. The van der Waals surface area contributed by atoms with Gasteiger partial charge in [-0.3, -0.25) is 47.9 Å². The summed E-state index contributed by atoms with van der Waals surface area (Å²) in [6.07, 6.45) is 2.49. The number of aliphatic carboxylic acids is 1. The summed E-state index contributed by atoms with van der Waals surface area (Å²) in [7, 11) is 0. The Morgan fingerprint density at radius 2 is 1.47 bits per heavy atom. The van der Waals surface area contributed by atoms with E-state index in [9.17, 15) is 47.9 Å². The zero-order valence-electron chi connectivity index (χ0n) is 33.8. The van der Waals surface area contributed by atoms with Crippen molar-refractivity contribution < 1.29 is 53.1 Å². The molecule has 2 aromatic rings. The van der Waals surface area contributed by atoms with Gasteiger partial charge < -0.3 is 63.7 Å². The Kier molecular flexibility index (Phi) is 18.4. The molecule has 3 rings (SSSR count). The minimum atomic E-state index is -1.29. The van der Waals surface area contributed by atoms with Crippen molar-refractivity contribution >= 4 is 70.0 Å². The Hall–Kier alpha value is -6.58. The molecule has 6 atom stereocenters. The van der Waals surface area contributed by atoms with Gasteiger partial charge in [0, 0.05) is 36.5 Å². The van der Waals surface area contributed by atoms with E-state index >= 15 is 0 Å². The van der Waals surface area contributed by atoms with Crippen LogP contribution in [0.5, 0.6) is 0 Å². The van der Waals surface area contributed by atoms with Crippen LogP contribution in [-0.4, -0.2) is 137 Å². The number of carboxylic acids is 1. The molecule has 0 bridgehead atoms. The number of para-hydroxylation sites is 1. The highest BCUT2D eigenvalue weighted by Gasteiger charge is 2.36. The van der Waals surface area contributed by atoms with E-state index in [0.29, 0.717) is 31.4 Å². The van der Waals surface area contributed by atoms with Crippen molar-refractivity contribution in [3.63, 3.8) is 0 Å². The average molecular weight is 842 g/mol. The molecule has 1 aliphatic rings. The van der Waals surface area contributed by atoms with Crippen LogP contribution in [0.15, 0.2) is 30.5 Å².